The minimum absolute atomic E-state index is 0.320. The lowest BCUT2D eigenvalue weighted by atomic mass is 10.0. The van der Waals surface area contributed by atoms with E-state index in [0.29, 0.717) is 30.1 Å². The largest absolute Gasteiger partial charge is 0.475 e. The molecule has 0 spiro atoms. The fraction of sp³-hybridized carbons (Fsp3) is 0.786. The quantitative estimate of drug-likeness (QED) is 0.905. The van der Waals surface area contributed by atoms with Crippen LogP contribution in [0.1, 0.15) is 44.7 Å². The Bertz CT molecular complexity index is 427. The molecule has 5 nitrogen and oxygen atoms in total. The van der Waals surface area contributed by atoms with Crippen LogP contribution < -0.4 is 10.5 Å². The lowest BCUT2D eigenvalue weighted by molar-refractivity contribution is 0.120. The molecule has 0 saturated carbocycles. The summed E-state index contributed by atoms with van der Waals surface area (Å²) < 4.78 is 7.70. The van der Waals surface area contributed by atoms with Crippen LogP contribution in [0.5, 0.6) is 5.88 Å². The van der Waals surface area contributed by atoms with Crippen molar-refractivity contribution < 1.29 is 4.74 Å². The predicted octanol–water partition coefficient (Wildman–Crippen LogP) is 1.99. The molecule has 1 fully saturated rings. The first-order valence-corrected chi connectivity index (χ1v) is 7.16. The standard InChI is InChI=1S/C14H26N4O/c1-10(2)13-12(15)14(18(4)16-13)19-9-11-7-5-6-8-17(11)3/h10-11H,5-9,15H2,1-4H3. The number of nitrogens with two attached hydrogens (primary N) is 1. The summed E-state index contributed by atoms with van der Waals surface area (Å²) in [5.74, 6) is 1.03. The van der Waals surface area contributed by atoms with Crippen molar-refractivity contribution in [2.75, 3.05) is 25.9 Å². The summed E-state index contributed by atoms with van der Waals surface area (Å²) in [5.41, 5.74) is 7.75. The summed E-state index contributed by atoms with van der Waals surface area (Å²) in [7, 11) is 4.06. The third kappa shape index (κ3) is 3.03. The van der Waals surface area contributed by atoms with Gasteiger partial charge in [0.2, 0.25) is 5.88 Å². The van der Waals surface area contributed by atoms with E-state index in [9.17, 15) is 0 Å². The molecule has 19 heavy (non-hydrogen) atoms. The predicted molar refractivity (Wildman–Crippen MR) is 77.5 cm³/mol. The molecule has 108 valence electrons. The van der Waals surface area contributed by atoms with E-state index in [4.69, 9.17) is 10.5 Å². The zero-order chi connectivity index (χ0) is 14.0. The number of anilines is 1. The molecular formula is C14H26N4O. The lowest BCUT2D eigenvalue weighted by Crippen LogP contribution is -2.40. The van der Waals surface area contributed by atoms with Gasteiger partial charge in [-0.05, 0) is 32.4 Å². The van der Waals surface area contributed by atoms with Gasteiger partial charge in [-0.2, -0.15) is 5.10 Å². The highest BCUT2D eigenvalue weighted by molar-refractivity contribution is 5.54. The Labute approximate surface area is 115 Å². The van der Waals surface area contributed by atoms with Gasteiger partial charge in [0.1, 0.15) is 12.3 Å². The molecule has 0 radical (unpaired) electrons. The van der Waals surface area contributed by atoms with Gasteiger partial charge in [-0.1, -0.05) is 20.3 Å². The first kappa shape index (κ1) is 14.2. The second-order valence-corrected chi connectivity index (χ2v) is 5.82. The molecule has 1 aliphatic heterocycles. The molecule has 5 heteroatoms. The Kier molecular flexibility index (Phi) is 4.34. The first-order chi connectivity index (χ1) is 9.00. The van der Waals surface area contributed by atoms with Crippen LogP contribution in [0.2, 0.25) is 0 Å². The molecule has 1 saturated heterocycles. The fourth-order valence-corrected chi connectivity index (χ4v) is 2.67. The zero-order valence-corrected chi connectivity index (χ0v) is 12.5. The molecule has 0 aliphatic carbocycles. The van der Waals surface area contributed by atoms with Gasteiger partial charge in [0.25, 0.3) is 0 Å². The van der Waals surface area contributed by atoms with Crippen molar-refractivity contribution in [1.29, 1.82) is 0 Å². The van der Waals surface area contributed by atoms with Gasteiger partial charge in [0.05, 0.1) is 5.69 Å². The van der Waals surface area contributed by atoms with E-state index in [1.54, 1.807) is 4.68 Å². The van der Waals surface area contributed by atoms with Gasteiger partial charge in [0.15, 0.2) is 0 Å². The summed E-state index contributed by atoms with van der Waals surface area (Å²) in [6.07, 6.45) is 3.78. The fourth-order valence-electron chi connectivity index (χ4n) is 2.67. The summed E-state index contributed by atoms with van der Waals surface area (Å²) >= 11 is 0. The molecule has 2 rings (SSSR count). The Balaban J connectivity index is 2.03. The number of likely N-dealkylation sites (tertiary alicyclic amines) is 1. The van der Waals surface area contributed by atoms with E-state index in [0.717, 1.165) is 12.2 Å². The molecule has 1 atom stereocenters. The van der Waals surface area contributed by atoms with E-state index < -0.39 is 0 Å². The van der Waals surface area contributed by atoms with Crippen molar-refractivity contribution in [3.63, 3.8) is 0 Å². The van der Waals surface area contributed by atoms with Gasteiger partial charge in [-0.25, -0.2) is 4.68 Å². The topological polar surface area (TPSA) is 56.3 Å². The minimum Gasteiger partial charge on any atom is -0.475 e. The molecule has 0 bridgehead atoms. The highest BCUT2D eigenvalue weighted by Gasteiger charge is 2.22. The summed E-state index contributed by atoms with van der Waals surface area (Å²) in [6, 6.07) is 0.491. The van der Waals surface area contributed by atoms with Crippen LogP contribution in [0.15, 0.2) is 0 Å². The highest BCUT2D eigenvalue weighted by atomic mass is 16.5. The van der Waals surface area contributed by atoms with Crippen LogP contribution in [0.4, 0.5) is 5.69 Å². The number of nitrogens with zero attached hydrogens (tertiary/aromatic N) is 3. The molecule has 2 N–H and O–H groups in total. The number of hydrogen-bond acceptors (Lipinski definition) is 4. The van der Waals surface area contributed by atoms with Crippen LogP contribution >= 0.6 is 0 Å². The van der Waals surface area contributed by atoms with Crippen LogP contribution in [0, 0.1) is 0 Å². The second kappa shape index (κ2) is 5.82. The molecule has 0 amide bonds. The third-order valence-corrected chi connectivity index (χ3v) is 3.94. The zero-order valence-electron chi connectivity index (χ0n) is 12.5. The number of aromatic nitrogens is 2. The molecule has 1 aromatic rings. The van der Waals surface area contributed by atoms with Crippen LogP contribution in [-0.4, -0.2) is 40.9 Å². The van der Waals surface area contributed by atoms with Crippen molar-refractivity contribution in [1.82, 2.24) is 14.7 Å². The molecule has 2 heterocycles. The smallest absolute Gasteiger partial charge is 0.235 e. The number of hydrogen-bond donors (Lipinski definition) is 1. The van der Waals surface area contributed by atoms with Crippen molar-refractivity contribution >= 4 is 5.69 Å². The Morgan fingerprint density at radius 3 is 2.68 bits per heavy atom. The van der Waals surface area contributed by atoms with Gasteiger partial charge >= 0.3 is 0 Å². The maximum atomic E-state index is 6.13. The van der Waals surface area contributed by atoms with E-state index in [2.05, 4.69) is 30.9 Å². The van der Waals surface area contributed by atoms with Crippen LogP contribution in [0.3, 0.4) is 0 Å². The van der Waals surface area contributed by atoms with Gasteiger partial charge in [0, 0.05) is 13.1 Å². The van der Waals surface area contributed by atoms with Gasteiger partial charge < -0.3 is 15.4 Å². The van der Waals surface area contributed by atoms with E-state index in [1.807, 2.05) is 7.05 Å². The average Bonchev–Trinajstić information content (AvgIpc) is 2.65. The van der Waals surface area contributed by atoms with Crippen LogP contribution in [-0.2, 0) is 7.05 Å². The molecule has 1 aromatic heterocycles. The van der Waals surface area contributed by atoms with Gasteiger partial charge in [-0.15, -0.1) is 0 Å². The number of piperidine rings is 1. The Hall–Kier alpha value is -1.23. The normalized spacial score (nSPS) is 21.0. The average molecular weight is 266 g/mol. The monoisotopic (exact) mass is 266 g/mol. The summed E-state index contributed by atoms with van der Waals surface area (Å²) in [6.45, 7) is 6.04. The van der Waals surface area contributed by atoms with Gasteiger partial charge in [-0.3, -0.25) is 0 Å². The number of ether oxygens (including phenoxy) is 1. The van der Waals surface area contributed by atoms with Crippen LogP contribution in [0.25, 0.3) is 0 Å². The van der Waals surface area contributed by atoms with E-state index >= 15 is 0 Å². The first-order valence-electron chi connectivity index (χ1n) is 7.16. The molecule has 1 aliphatic rings. The molecular weight excluding hydrogens is 240 g/mol. The minimum atomic E-state index is 0.320. The van der Waals surface area contributed by atoms with E-state index in [1.165, 1.54) is 19.3 Å². The van der Waals surface area contributed by atoms with E-state index in [-0.39, 0.29) is 0 Å². The third-order valence-electron chi connectivity index (χ3n) is 3.94. The summed E-state index contributed by atoms with van der Waals surface area (Å²) in [4.78, 5) is 2.37. The maximum Gasteiger partial charge on any atom is 0.235 e. The summed E-state index contributed by atoms with van der Waals surface area (Å²) in [5, 5.41) is 4.45. The maximum absolute atomic E-state index is 6.13. The van der Waals surface area contributed by atoms with Crippen molar-refractivity contribution in [2.24, 2.45) is 7.05 Å². The van der Waals surface area contributed by atoms with Crippen molar-refractivity contribution in [2.45, 2.75) is 45.1 Å². The highest BCUT2D eigenvalue weighted by Crippen LogP contribution is 2.30. The second-order valence-electron chi connectivity index (χ2n) is 5.82. The van der Waals surface area contributed by atoms with Crippen molar-refractivity contribution in [3.8, 4) is 5.88 Å². The SMILES string of the molecule is CC(C)c1nn(C)c(OCC2CCCCN2C)c1N. The number of nitrogen functional groups attached to an aromatic ring is 1. The van der Waals surface area contributed by atoms with Crippen molar-refractivity contribution in [3.05, 3.63) is 5.69 Å². The number of rotatable bonds is 4. The Morgan fingerprint density at radius 1 is 1.37 bits per heavy atom. The number of aryl methyl sites for hydroxylation is 1. The molecule has 0 aromatic carbocycles. The lowest BCUT2D eigenvalue weighted by Gasteiger charge is -2.32. The Morgan fingerprint density at radius 2 is 2.11 bits per heavy atom. The number of likely N-dealkylation sites (N-methyl/N-ethyl adjacent to an activating group) is 1. The molecule has 1 unspecified atom stereocenters.